The number of oxazole rings is 1. The van der Waals surface area contributed by atoms with Crippen LogP contribution in [0, 0.1) is 0 Å². The number of fused-ring (bicyclic) bond motifs is 1. The minimum atomic E-state index is -4.88. The summed E-state index contributed by atoms with van der Waals surface area (Å²) in [7, 11) is 1.48. The molecule has 27 heavy (non-hydrogen) atoms. The average molecular weight is 402 g/mol. The number of nitrogens with zero attached hydrogens (tertiary/aromatic N) is 1. The number of phenolic OH excluding ortho intramolecular Hbond substituents is 1. The molecule has 0 aliphatic heterocycles. The van der Waals surface area contributed by atoms with Crippen molar-refractivity contribution in [1.29, 1.82) is 0 Å². The first-order valence-electron chi connectivity index (χ1n) is 7.89. The Morgan fingerprint density at radius 3 is 2.59 bits per heavy atom. The standard InChI is InChI=1S/C18H15ClF3NO4/c1-23-14-7-9(2-5-15(14)27-17(23)26)6-12(16(25)18(20,21)22)11-8-10(24)3-4-13(11)19/h2-5,7-8,12,16,24-25H,6H2,1H3. The molecule has 1 heterocycles. The van der Waals surface area contributed by atoms with Gasteiger partial charge in [0.25, 0.3) is 0 Å². The van der Waals surface area contributed by atoms with Crippen LogP contribution in [0.3, 0.4) is 0 Å². The summed E-state index contributed by atoms with van der Waals surface area (Å²) in [4.78, 5) is 11.6. The Hall–Kier alpha value is -2.45. The molecule has 2 aromatic carbocycles. The molecule has 0 fully saturated rings. The maximum absolute atomic E-state index is 13.2. The molecule has 0 spiro atoms. The number of aromatic hydroxyl groups is 1. The summed E-state index contributed by atoms with van der Waals surface area (Å²) in [6.45, 7) is 0. The number of alkyl halides is 3. The summed E-state index contributed by atoms with van der Waals surface area (Å²) >= 11 is 6.02. The first-order valence-corrected chi connectivity index (χ1v) is 8.27. The van der Waals surface area contributed by atoms with Gasteiger partial charge in [-0.2, -0.15) is 13.2 Å². The lowest BCUT2D eigenvalue weighted by Crippen LogP contribution is -2.35. The molecule has 0 saturated heterocycles. The molecule has 9 heteroatoms. The van der Waals surface area contributed by atoms with Crippen molar-refractivity contribution in [1.82, 2.24) is 4.57 Å². The molecule has 0 bridgehead atoms. The van der Waals surface area contributed by atoms with Crippen LogP contribution in [0.2, 0.25) is 5.02 Å². The van der Waals surface area contributed by atoms with E-state index in [0.29, 0.717) is 16.7 Å². The minimum Gasteiger partial charge on any atom is -0.508 e. The number of benzene rings is 2. The summed E-state index contributed by atoms with van der Waals surface area (Å²) in [5.74, 6) is -2.31. The number of rotatable bonds is 4. The molecular formula is C18H15ClF3NO4. The summed E-state index contributed by atoms with van der Waals surface area (Å²) < 4.78 is 45.9. The van der Waals surface area contributed by atoms with Crippen LogP contribution in [-0.4, -0.2) is 27.1 Å². The van der Waals surface area contributed by atoms with Gasteiger partial charge in [0.15, 0.2) is 11.7 Å². The van der Waals surface area contributed by atoms with Gasteiger partial charge in [0.1, 0.15) is 5.75 Å². The van der Waals surface area contributed by atoms with E-state index in [-0.39, 0.29) is 22.8 Å². The van der Waals surface area contributed by atoms with Gasteiger partial charge in [-0.25, -0.2) is 4.79 Å². The van der Waals surface area contributed by atoms with E-state index in [2.05, 4.69) is 0 Å². The molecule has 2 unspecified atom stereocenters. The monoisotopic (exact) mass is 401 g/mol. The number of aromatic nitrogens is 1. The largest absolute Gasteiger partial charge is 0.508 e. The third-order valence-electron chi connectivity index (χ3n) is 4.41. The zero-order chi connectivity index (χ0) is 19.9. The fourth-order valence-electron chi connectivity index (χ4n) is 2.99. The van der Waals surface area contributed by atoms with Crippen molar-refractivity contribution in [2.45, 2.75) is 24.6 Å². The fraction of sp³-hybridized carbons (Fsp3) is 0.278. The topological polar surface area (TPSA) is 75.6 Å². The van der Waals surface area contributed by atoms with E-state index >= 15 is 0 Å². The van der Waals surface area contributed by atoms with E-state index in [0.717, 1.165) is 6.07 Å². The van der Waals surface area contributed by atoms with Crippen LogP contribution in [0.4, 0.5) is 13.2 Å². The third kappa shape index (κ3) is 3.81. The van der Waals surface area contributed by atoms with Crippen molar-refractivity contribution < 1.29 is 27.8 Å². The number of hydrogen-bond acceptors (Lipinski definition) is 4. The van der Waals surface area contributed by atoms with Gasteiger partial charge in [0.05, 0.1) is 5.52 Å². The molecule has 0 radical (unpaired) electrons. The zero-order valence-electron chi connectivity index (χ0n) is 14.0. The highest BCUT2D eigenvalue weighted by molar-refractivity contribution is 6.31. The predicted molar refractivity (Wildman–Crippen MR) is 93.1 cm³/mol. The van der Waals surface area contributed by atoms with Gasteiger partial charge in [0, 0.05) is 18.0 Å². The Morgan fingerprint density at radius 1 is 1.22 bits per heavy atom. The molecule has 144 valence electrons. The highest BCUT2D eigenvalue weighted by atomic mass is 35.5. The van der Waals surface area contributed by atoms with Crippen molar-refractivity contribution >= 4 is 22.7 Å². The van der Waals surface area contributed by atoms with E-state index in [1.807, 2.05) is 0 Å². The SMILES string of the molecule is Cn1c(=O)oc2ccc(CC(c3cc(O)ccc3Cl)C(O)C(F)(F)F)cc21. The predicted octanol–water partition coefficient (Wildman–Crippen LogP) is 3.74. The Bertz CT molecular complexity index is 1040. The van der Waals surface area contributed by atoms with E-state index in [9.17, 15) is 28.2 Å². The smallest absolute Gasteiger partial charge is 0.419 e. The number of phenols is 1. The second-order valence-corrected chi connectivity index (χ2v) is 6.64. The molecule has 2 N–H and O–H groups in total. The van der Waals surface area contributed by atoms with Crippen molar-refractivity contribution in [3.63, 3.8) is 0 Å². The van der Waals surface area contributed by atoms with Gasteiger partial charge in [-0.1, -0.05) is 17.7 Å². The number of aryl methyl sites for hydroxylation is 1. The van der Waals surface area contributed by atoms with Crippen LogP contribution in [0.25, 0.3) is 11.1 Å². The Balaban J connectivity index is 2.07. The molecule has 3 rings (SSSR count). The van der Waals surface area contributed by atoms with Gasteiger partial charge < -0.3 is 14.6 Å². The highest BCUT2D eigenvalue weighted by Gasteiger charge is 2.44. The van der Waals surface area contributed by atoms with E-state index in [4.69, 9.17) is 16.0 Å². The Morgan fingerprint density at radius 2 is 1.93 bits per heavy atom. The van der Waals surface area contributed by atoms with Crippen molar-refractivity contribution in [3.8, 4) is 5.75 Å². The maximum Gasteiger partial charge on any atom is 0.419 e. The van der Waals surface area contributed by atoms with Crippen LogP contribution in [-0.2, 0) is 13.5 Å². The first kappa shape index (κ1) is 19.3. The molecule has 0 aliphatic carbocycles. The van der Waals surface area contributed by atoms with Gasteiger partial charge in [0.2, 0.25) is 0 Å². The quantitative estimate of drug-likeness (QED) is 0.698. The van der Waals surface area contributed by atoms with Gasteiger partial charge >= 0.3 is 11.9 Å². The molecular weight excluding hydrogens is 387 g/mol. The van der Waals surface area contributed by atoms with Crippen LogP contribution >= 0.6 is 11.6 Å². The van der Waals surface area contributed by atoms with Crippen LogP contribution < -0.4 is 5.76 Å². The number of halogens is 4. The van der Waals surface area contributed by atoms with Crippen molar-refractivity contribution in [2.24, 2.45) is 7.05 Å². The Kier molecular flexibility index (Phi) is 4.96. The van der Waals surface area contributed by atoms with Gasteiger partial charge in [-0.05, 0) is 47.9 Å². The first-order chi connectivity index (χ1) is 12.6. The maximum atomic E-state index is 13.2. The second kappa shape index (κ2) is 6.94. The van der Waals surface area contributed by atoms with Crippen LogP contribution in [0.1, 0.15) is 17.0 Å². The minimum absolute atomic E-state index is 0.00195. The van der Waals surface area contributed by atoms with Gasteiger partial charge in [-0.15, -0.1) is 0 Å². The van der Waals surface area contributed by atoms with E-state index < -0.39 is 24.0 Å². The van der Waals surface area contributed by atoms with Gasteiger partial charge in [-0.3, -0.25) is 4.57 Å². The lowest BCUT2D eigenvalue weighted by atomic mass is 9.86. The lowest BCUT2D eigenvalue weighted by Gasteiger charge is -2.26. The molecule has 1 aromatic heterocycles. The molecule has 3 aromatic rings. The fourth-order valence-corrected chi connectivity index (χ4v) is 3.25. The zero-order valence-corrected chi connectivity index (χ0v) is 14.8. The molecule has 0 saturated carbocycles. The third-order valence-corrected chi connectivity index (χ3v) is 4.75. The summed E-state index contributed by atoms with van der Waals surface area (Å²) in [6.07, 6.45) is -7.80. The van der Waals surface area contributed by atoms with Crippen LogP contribution in [0.5, 0.6) is 5.75 Å². The summed E-state index contributed by atoms with van der Waals surface area (Å²) in [5.41, 5.74) is 1.13. The van der Waals surface area contributed by atoms with E-state index in [1.165, 1.54) is 41.9 Å². The molecule has 2 atom stereocenters. The lowest BCUT2D eigenvalue weighted by molar-refractivity contribution is -0.210. The van der Waals surface area contributed by atoms with E-state index in [1.54, 1.807) is 0 Å². The van der Waals surface area contributed by atoms with Crippen molar-refractivity contribution in [3.05, 3.63) is 63.1 Å². The average Bonchev–Trinajstić information content (AvgIpc) is 2.88. The normalized spacial score (nSPS) is 14.4. The number of hydrogen-bond donors (Lipinski definition) is 2. The summed E-state index contributed by atoms with van der Waals surface area (Å²) in [6, 6.07) is 8.13. The van der Waals surface area contributed by atoms with Crippen LogP contribution in [0.15, 0.2) is 45.6 Å². The molecule has 0 aliphatic rings. The summed E-state index contributed by atoms with van der Waals surface area (Å²) in [5, 5.41) is 19.6. The second-order valence-electron chi connectivity index (χ2n) is 6.23. The Labute approximate surface area is 156 Å². The van der Waals surface area contributed by atoms with Crippen molar-refractivity contribution in [2.75, 3.05) is 0 Å². The molecule has 5 nitrogen and oxygen atoms in total. The number of aliphatic hydroxyl groups is 1. The molecule has 0 amide bonds. The highest BCUT2D eigenvalue weighted by Crippen LogP contribution is 2.38. The number of aliphatic hydroxyl groups excluding tert-OH is 1.